The Bertz CT molecular complexity index is 962. The Kier molecular flexibility index (Phi) is 5.33. The molecule has 1 saturated heterocycles. The summed E-state index contributed by atoms with van der Waals surface area (Å²) >= 11 is 0. The third kappa shape index (κ3) is 4.03. The Morgan fingerprint density at radius 1 is 0.964 bits per heavy atom. The van der Waals surface area contributed by atoms with E-state index in [1.165, 1.54) is 12.0 Å². The largest absolute Gasteiger partial charge is 0.339 e. The predicted molar refractivity (Wildman–Crippen MR) is 112 cm³/mol. The van der Waals surface area contributed by atoms with E-state index in [4.69, 9.17) is 0 Å². The number of aryl methyl sites for hydroxylation is 1. The normalized spacial score (nSPS) is 14.0. The molecule has 1 aromatic heterocycles. The van der Waals surface area contributed by atoms with Gasteiger partial charge in [-0.05, 0) is 62.1 Å². The number of carbonyl (C=O) groups excluding carboxylic acids is 1. The number of amides is 1. The molecule has 0 spiro atoms. The topological polar surface area (TPSA) is 58.1 Å². The second-order valence-corrected chi connectivity index (χ2v) is 7.14. The average Bonchev–Trinajstić information content (AvgIpc) is 2.75. The van der Waals surface area contributed by atoms with Crippen LogP contribution in [-0.4, -0.2) is 33.9 Å². The minimum atomic E-state index is 0.115. The van der Waals surface area contributed by atoms with Gasteiger partial charge < -0.3 is 10.2 Å². The number of nitrogens with zero attached hydrogens (tertiary/aromatic N) is 3. The van der Waals surface area contributed by atoms with Gasteiger partial charge in [-0.3, -0.25) is 4.79 Å². The van der Waals surface area contributed by atoms with Gasteiger partial charge in [0.2, 0.25) is 5.95 Å². The van der Waals surface area contributed by atoms with Crippen LogP contribution in [0.5, 0.6) is 0 Å². The van der Waals surface area contributed by atoms with Crippen molar-refractivity contribution in [2.75, 3.05) is 18.4 Å². The summed E-state index contributed by atoms with van der Waals surface area (Å²) in [7, 11) is 0. The number of anilines is 2. The first-order chi connectivity index (χ1) is 13.7. The van der Waals surface area contributed by atoms with Gasteiger partial charge in [-0.15, -0.1) is 0 Å². The lowest BCUT2D eigenvalue weighted by atomic mass is 10.1. The molecule has 0 radical (unpaired) electrons. The molecule has 0 saturated carbocycles. The number of carbonyl (C=O) groups is 1. The summed E-state index contributed by atoms with van der Waals surface area (Å²) in [6.45, 7) is 3.79. The van der Waals surface area contributed by atoms with Gasteiger partial charge in [-0.1, -0.05) is 24.3 Å². The number of hydrogen-bond acceptors (Lipinski definition) is 4. The fourth-order valence-electron chi connectivity index (χ4n) is 3.53. The molecular weight excluding hydrogens is 348 g/mol. The highest BCUT2D eigenvalue weighted by molar-refractivity contribution is 5.94. The van der Waals surface area contributed by atoms with Crippen molar-refractivity contribution < 1.29 is 4.79 Å². The zero-order chi connectivity index (χ0) is 19.3. The van der Waals surface area contributed by atoms with Gasteiger partial charge in [-0.2, -0.15) is 0 Å². The lowest BCUT2D eigenvalue weighted by Gasteiger charge is -2.26. The highest BCUT2D eigenvalue weighted by Crippen LogP contribution is 2.23. The van der Waals surface area contributed by atoms with E-state index in [0.717, 1.165) is 48.4 Å². The highest BCUT2D eigenvalue weighted by atomic mass is 16.2. The molecule has 2 aromatic carbocycles. The van der Waals surface area contributed by atoms with Gasteiger partial charge in [0.05, 0.1) is 5.69 Å². The lowest BCUT2D eigenvalue weighted by molar-refractivity contribution is 0.0724. The van der Waals surface area contributed by atoms with Gasteiger partial charge in [-0.25, -0.2) is 9.97 Å². The minimum absolute atomic E-state index is 0.115. The van der Waals surface area contributed by atoms with Crippen LogP contribution >= 0.6 is 0 Å². The highest BCUT2D eigenvalue weighted by Gasteiger charge is 2.17. The predicted octanol–water partition coefficient (Wildman–Crippen LogP) is 4.82. The van der Waals surface area contributed by atoms with Crippen molar-refractivity contribution >= 4 is 17.5 Å². The maximum atomic E-state index is 12.6. The number of likely N-dealkylation sites (tertiary alicyclic amines) is 1. The molecule has 0 unspecified atom stereocenters. The van der Waals surface area contributed by atoms with Crippen molar-refractivity contribution in [2.24, 2.45) is 0 Å². The zero-order valence-electron chi connectivity index (χ0n) is 16.1. The van der Waals surface area contributed by atoms with Gasteiger partial charge in [0.15, 0.2) is 0 Å². The van der Waals surface area contributed by atoms with E-state index in [1.807, 2.05) is 47.4 Å². The van der Waals surface area contributed by atoms with Crippen LogP contribution in [0.1, 0.15) is 35.2 Å². The first kappa shape index (κ1) is 18.2. The first-order valence-corrected chi connectivity index (χ1v) is 9.76. The third-order valence-corrected chi connectivity index (χ3v) is 5.11. The molecule has 0 aliphatic carbocycles. The van der Waals surface area contributed by atoms with Crippen molar-refractivity contribution in [3.8, 4) is 11.3 Å². The molecule has 1 amide bonds. The lowest BCUT2D eigenvalue weighted by Crippen LogP contribution is -2.35. The van der Waals surface area contributed by atoms with E-state index in [9.17, 15) is 4.79 Å². The Morgan fingerprint density at radius 2 is 1.71 bits per heavy atom. The van der Waals surface area contributed by atoms with Crippen molar-refractivity contribution in [2.45, 2.75) is 26.2 Å². The summed E-state index contributed by atoms with van der Waals surface area (Å²) in [6, 6.07) is 17.6. The van der Waals surface area contributed by atoms with E-state index in [2.05, 4.69) is 34.3 Å². The second kappa shape index (κ2) is 8.21. The Labute approximate surface area is 165 Å². The number of benzene rings is 2. The number of aromatic nitrogens is 2. The van der Waals surface area contributed by atoms with Crippen molar-refractivity contribution in [3.63, 3.8) is 0 Å². The van der Waals surface area contributed by atoms with Crippen LogP contribution in [0.2, 0.25) is 0 Å². The summed E-state index contributed by atoms with van der Waals surface area (Å²) in [5, 5.41) is 3.23. The SMILES string of the molecule is Cc1ccccc1-c1ccnc(Nc2ccc(C(=O)N3CCCCC3)cc2)n1. The first-order valence-electron chi connectivity index (χ1n) is 9.76. The molecule has 142 valence electrons. The summed E-state index contributed by atoms with van der Waals surface area (Å²) < 4.78 is 0. The number of hydrogen-bond donors (Lipinski definition) is 1. The van der Waals surface area contributed by atoms with Crippen LogP contribution in [-0.2, 0) is 0 Å². The molecule has 1 aliphatic rings. The van der Waals surface area contributed by atoms with Crippen LogP contribution in [0.3, 0.4) is 0 Å². The molecular formula is C23H24N4O. The monoisotopic (exact) mass is 372 g/mol. The fourth-order valence-corrected chi connectivity index (χ4v) is 3.53. The van der Waals surface area contributed by atoms with Gasteiger partial charge in [0.1, 0.15) is 0 Å². The van der Waals surface area contributed by atoms with Crippen LogP contribution in [0.4, 0.5) is 11.6 Å². The van der Waals surface area contributed by atoms with Crippen LogP contribution in [0.25, 0.3) is 11.3 Å². The molecule has 4 rings (SSSR count). The van der Waals surface area contributed by atoms with Gasteiger partial charge in [0.25, 0.3) is 5.91 Å². The summed E-state index contributed by atoms with van der Waals surface area (Å²) in [4.78, 5) is 23.5. The molecule has 0 atom stereocenters. The minimum Gasteiger partial charge on any atom is -0.339 e. The molecule has 5 heteroatoms. The number of nitrogens with one attached hydrogen (secondary N) is 1. The second-order valence-electron chi connectivity index (χ2n) is 7.14. The number of piperidine rings is 1. The van der Waals surface area contributed by atoms with E-state index < -0.39 is 0 Å². The molecule has 0 bridgehead atoms. The fraction of sp³-hybridized carbons (Fsp3) is 0.261. The Hall–Kier alpha value is -3.21. The quantitative estimate of drug-likeness (QED) is 0.713. The smallest absolute Gasteiger partial charge is 0.253 e. The average molecular weight is 372 g/mol. The van der Waals surface area contributed by atoms with E-state index in [-0.39, 0.29) is 5.91 Å². The Balaban J connectivity index is 1.48. The molecule has 3 aromatic rings. The Morgan fingerprint density at radius 3 is 2.46 bits per heavy atom. The van der Waals surface area contributed by atoms with Gasteiger partial charge >= 0.3 is 0 Å². The molecule has 1 aliphatic heterocycles. The maximum absolute atomic E-state index is 12.6. The maximum Gasteiger partial charge on any atom is 0.253 e. The van der Waals surface area contributed by atoms with Gasteiger partial charge in [0, 0.05) is 36.1 Å². The standard InChI is InChI=1S/C23H24N4O/c1-17-7-3-4-8-20(17)21-13-14-24-23(26-21)25-19-11-9-18(10-12-19)22(28)27-15-5-2-6-16-27/h3-4,7-14H,2,5-6,15-16H2,1H3,(H,24,25,26). The molecule has 1 fully saturated rings. The zero-order valence-corrected chi connectivity index (χ0v) is 16.1. The van der Waals surface area contributed by atoms with Crippen LogP contribution < -0.4 is 5.32 Å². The molecule has 5 nitrogen and oxygen atoms in total. The summed E-state index contributed by atoms with van der Waals surface area (Å²) in [5.41, 5.74) is 4.73. The van der Waals surface area contributed by atoms with Crippen LogP contribution in [0.15, 0.2) is 60.8 Å². The van der Waals surface area contributed by atoms with Crippen molar-refractivity contribution in [1.82, 2.24) is 14.9 Å². The summed E-state index contributed by atoms with van der Waals surface area (Å²) in [6.07, 6.45) is 5.17. The van der Waals surface area contributed by atoms with E-state index in [0.29, 0.717) is 5.95 Å². The molecule has 1 N–H and O–H groups in total. The number of rotatable bonds is 4. The van der Waals surface area contributed by atoms with Crippen molar-refractivity contribution in [3.05, 3.63) is 71.9 Å². The molecule has 28 heavy (non-hydrogen) atoms. The summed E-state index contributed by atoms with van der Waals surface area (Å²) in [5.74, 6) is 0.653. The van der Waals surface area contributed by atoms with E-state index in [1.54, 1.807) is 6.20 Å². The van der Waals surface area contributed by atoms with E-state index >= 15 is 0 Å². The van der Waals surface area contributed by atoms with Crippen LogP contribution in [0, 0.1) is 6.92 Å². The molecule has 2 heterocycles. The third-order valence-electron chi connectivity index (χ3n) is 5.11. The van der Waals surface area contributed by atoms with Crippen molar-refractivity contribution in [1.29, 1.82) is 0 Å².